The second-order valence-electron chi connectivity index (χ2n) is 4.19. The van der Waals surface area contributed by atoms with Gasteiger partial charge < -0.3 is 10.4 Å². The van der Waals surface area contributed by atoms with Gasteiger partial charge in [0, 0.05) is 24.3 Å². The van der Waals surface area contributed by atoms with E-state index < -0.39 is 22.8 Å². The highest BCUT2D eigenvalue weighted by Crippen LogP contribution is 2.13. The van der Waals surface area contributed by atoms with Gasteiger partial charge in [-0.3, -0.25) is 19.7 Å². The molecule has 0 aliphatic heterocycles. The average Bonchev–Trinajstić information content (AvgIpc) is 2.35. The summed E-state index contributed by atoms with van der Waals surface area (Å²) < 4.78 is 0. The topological polar surface area (TPSA) is 110 Å². The van der Waals surface area contributed by atoms with Gasteiger partial charge in [-0.15, -0.1) is 0 Å². The molecule has 1 unspecified atom stereocenters. The maximum atomic E-state index is 11.5. The lowest BCUT2D eigenvalue weighted by atomic mass is 10.2. The lowest BCUT2D eigenvalue weighted by Crippen LogP contribution is -2.32. The highest BCUT2D eigenvalue weighted by molar-refractivity contribution is 5.92. The Morgan fingerprint density at radius 1 is 1.50 bits per heavy atom. The second-order valence-corrected chi connectivity index (χ2v) is 4.19. The van der Waals surface area contributed by atoms with E-state index in [2.05, 4.69) is 5.32 Å². The number of carboxylic acids is 1. The molecule has 0 aliphatic carbocycles. The van der Waals surface area contributed by atoms with Crippen molar-refractivity contribution in [3.05, 3.63) is 46.0 Å². The minimum absolute atomic E-state index is 0.0631. The van der Waals surface area contributed by atoms with Gasteiger partial charge in [-0.1, -0.05) is 12.1 Å². The van der Waals surface area contributed by atoms with Crippen LogP contribution in [0.15, 0.2) is 30.3 Å². The average molecular weight is 278 g/mol. The summed E-state index contributed by atoms with van der Waals surface area (Å²) in [4.78, 5) is 32.0. The van der Waals surface area contributed by atoms with E-state index in [1.54, 1.807) is 13.0 Å². The van der Waals surface area contributed by atoms with Crippen molar-refractivity contribution in [2.24, 2.45) is 0 Å². The summed E-state index contributed by atoms with van der Waals surface area (Å²) in [5.41, 5.74) is 0.451. The van der Waals surface area contributed by atoms with Crippen molar-refractivity contribution in [3.63, 3.8) is 0 Å². The predicted molar refractivity (Wildman–Crippen MR) is 72.0 cm³/mol. The van der Waals surface area contributed by atoms with Crippen LogP contribution in [0.25, 0.3) is 6.08 Å². The minimum Gasteiger partial charge on any atom is -0.481 e. The fraction of sp³-hybridized carbons (Fsp3) is 0.231. The zero-order valence-corrected chi connectivity index (χ0v) is 10.8. The number of carbonyl (C=O) groups is 2. The normalized spacial score (nSPS) is 12.1. The maximum absolute atomic E-state index is 11.5. The molecule has 0 aromatic heterocycles. The number of nitro groups is 1. The summed E-state index contributed by atoms with van der Waals surface area (Å²) in [6.07, 6.45) is 2.46. The number of rotatable bonds is 6. The van der Waals surface area contributed by atoms with Crippen molar-refractivity contribution in [3.8, 4) is 0 Å². The highest BCUT2D eigenvalue weighted by Gasteiger charge is 2.09. The van der Waals surface area contributed by atoms with Crippen molar-refractivity contribution in [1.29, 1.82) is 0 Å². The third-order valence-corrected chi connectivity index (χ3v) is 2.38. The molecule has 0 aliphatic rings. The molecule has 0 saturated heterocycles. The van der Waals surface area contributed by atoms with Gasteiger partial charge in [-0.05, 0) is 18.6 Å². The molecule has 20 heavy (non-hydrogen) atoms. The largest absolute Gasteiger partial charge is 0.481 e. The molecule has 2 N–H and O–H groups in total. The van der Waals surface area contributed by atoms with Gasteiger partial charge >= 0.3 is 5.97 Å². The van der Waals surface area contributed by atoms with E-state index in [0.717, 1.165) is 0 Å². The summed E-state index contributed by atoms with van der Waals surface area (Å²) in [6, 6.07) is 5.34. The minimum atomic E-state index is -1.000. The molecule has 1 amide bonds. The van der Waals surface area contributed by atoms with Crippen LogP contribution >= 0.6 is 0 Å². The van der Waals surface area contributed by atoms with Gasteiger partial charge in [-0.2, -0.15) is 0 Å². The third kappa shape index (κ3) is 5.30. The fourth-order valence-corrected chi connectivity index (χ4v) is 1.52. The molecule has 7 heteroatoms. The van der Waals surface area contributed by atoms with Gasteiger partial charge in [0.2, 0.25) is 5.91 Å². The van der Waals surface area contributed by atoms with Crippen LogP contribution < -0.4 is 5.32 Å². The Balaban J connectivity index is 2.63. The lowest BCUT2D eigenvalue weighted by Gasteiger charge is -2.08. The van der Waals surface area contributed by atoms with Crippen LogP contribution in [-0.2, 0) is 9.59 Å². The van der Waals surface area contributed by atoms with E-state index in [9.17, 15) is 19.7 Å². The van der Waals surface area contributed by atoms with Crippen molar-refractivity contribution < 1.29 is 19.6 Å². The Labute approximate surface area is 115 Å². The summed E-state index contributed by atoms with van der Waals surface area (Å²) in [6.45, 7) is 1.58. The number of hydrogen-bond donors (Lipinski definition) is 2. The Morgan fingerprint density at radius 2 is 2.20 bits per heavy atom. The number of carbonyl (C=O) groups excluding carboxylic acids is 1. The molecule has 1 atom stereocenters. The molecule has 0 fully saturated rings. The van der Waals surface area contributed by atoms with Gasteiger partial charge in [0.15, 0.2) is 0 Å². The SMILES string of the molecule is CC(CC(=O)O)NC(=O)/C=C/c1cccc([N+](=O)[O-])c1. The van der Waals surface area contributed by atoms with E-state index in [1.165, 1.54) is 30.4 Å². The summed E-state index contributed by atoms with van der Waals surface area (Å²) in [5, 5.41) is 21.6. The number of nitro benzene ring substituents is 1. The van der Waals surface area contributed by atoms with Crippen LogP contribution in [0.3, 0.4) is 0 Å². The summed E-state index contributed by atoms with van der Waals surface area (Å²) in [7, 11) is 0. The van der Waals surface area contributed by atoms with E-state index in [0.29, 0.717) is 5.56 Å². The number of amides is 1. The number of hydrogen-bond acceptors (Lipinski definition) is 4. The predicted octanol–water partition coefficient (Wildman–Crippen LogP) is 1.59. The molecule has 0 spiro atoms. The Bertz CT molecular complexity index is 553. The molecule has 0 heterocycles. The first-order chi connectivity index (χ1) is 9.38. The van der Waals surface area contributed by atoms with Gasteiger partial charge in [-0.25, -0.2) is 0 Å². The molecule has 0 saturated carbocycles. The molecular weight excluding hydrogens is 264 g/mol. The van der Waals surface area contributed by atoms with E-state index in [1.807, 2.05) is 0 Å². The number of non-ortho nitro benzene ring substituents is 1. The molecule has 0 bridgehead atoms. The van der Waals surface area contributed by atoms with Crippen molar-refractivity contribution in [2.75, 3.05) is 0 Å². The first kappa shape index (κ1) is 15.4. The Morgan fingerprint density at radius 3 is 2.80 bits per heavy atom. The zero-order chi connectivity index (χ0) is 15.1. The quantitative estimate of drug-likeness (QED) is 0.466. The second kappa shape index (κ2) is 7.03. The number of benzene rings is 1. The van der Waals surface area contributed by atoms with Crippen molar-refractivity contribution in [1.82, 2.24) is 5.32 Å². The Kier molecular flexibility index (Phi) is 5.40. The van der Waals surface area contributed by atoms with Crippen LogP contribution in [0.1, 0.15) is 18.9 Å². The molecule has 1 aromatic carbocycles. The monoisotopic (exact) mass is 278 g/mol. The van der Waals surface area contributed by atoms with Gasteiger partial charge in [0.1, 0.15) is 0 Å². The van der Waals surface area contributed by atoms with Crippen LogP contribution in [0.5, 0.6) is 0 Å². The summed E-state index contributed by atoms with van der Waals surface area (Å²) in [5.74, 6) is -1.45. The highest BCUT2D eigenvalue weighted by atomic mass is 16.6. The molecule has 1 rings (SSSR count). The molecule has 106 valence electrons. The van der Waals surface area contributed by atoms with Crippen LogP contribution in [0.4, 0.5) is 5.69 Å². The smallest absolute Gasteiger partial charge is 0.305 e. The van der Waals surface area contributed by atoms with Crippen LogP contribution in [0, 0.1) is 10.1 Å². The number of nitrogens with zero attached hydrogens (tertiary/aromatic N) is 1. The Hall–Kier alpha value is -2.70. The lowest BCUT2D eigenvalue weighted by molar-refractivity contribution is -0.384. The van der Waals surface area contributed by atoms with Crippen molar-refractivity contribution in [2.45, 2.75) is 19.4 Å². The zero-order valence-electron chi connectivity index (χ0n) is 10.8. The molecular formula is C13H14N2O5. The molecule has 0 radical (unpaired) electrons. The maximum Gasteiger partial charge on any atom is 0.305 e. The van der Waals surface area contributed by atoms with E-state index in [-0.39, 0.29) is 12.1 Å². The van der Waals surface area contributed by atoms with Crippen LogP contribution in [0.2, 0.25) is 0 Å². The van der Waals surface area contributed by atoms with Gasteiger partial charge in [0.05, 0.1) is 11.3 Å². The fourth-order valence-electron chi connectivity index (χ4n) is 1.52. The first-order valence-electron chi connectivity index (χ1n) is 5.83. The number of aliphatic carboxylic acids is 1. The van der Waals surface area contributed by atoms with E-state index in [4.69, 9.17) is 5.11 Å². The van der Waals surface area contributed by atoms with Gasteiger partial charge in [0.25, 0.3) is 5.69 Å². The third-order valence-electron chi connectivity index (χ3n) is 2.38. The first-order valence-corrected chi connectivity index (χ1v) is 5.83. The standard InChI is InChI=1S/C13H14N2O5/c1-9(7-13(17)18)14-12(16)6-5-10-3-2-4-11(8-10)15(19)20/h2-6,8-9H,7H2,1H3,(H,14,16)(H,17,18)/b6-5+. The van der Waals surface area contributed by atoms with Crippen LogP contribution in [-0.4, -0.2) is 27.9 Å². The molecule has 1 aromatic rings. The number of nitrogens with one attached hydrogen (secondary N) is 1. The van der Waals surface area contributed by atoms with Crippen molar-refractivity contribution >= 4 is 23.6 Å². The summed E-state index contributed by atoms with van der Waals surface area (Å²) >= 11 is 0. The number of carboxylic acid groups (broad SMARTS) is 1. The molecule has 7 nitrogen and oxygen atoms in total. The van der Waals surface area contributed by atoms with E-state index >= 15 is 0 Å².